The lowest BCUT2D eigenvalue weighted by molar-refractivity contribution is 0.246. The van der Waals surface area contributed by atoms with Crippen LogP contribution in [0.15, 0.2) is 0 Å². The van der Waals surface area contributed by atoms with E-state index in [1.807, 2.05) is 27.7 Å². The Labute approximate surface area is 131 Å². The summed E-state index contributed by atoms with van der Waals surface area (Å²) in [4.78, 5) is 0. The third-order valence-corrected chi connectivity index (χ3v) is 5.92. The van der Waals surface area contributed by atoms with Crippen molar-refractivity contribution in [2.75, 3.05) is 19.6 Å². The fourth-order valence-corrected chi connectivity index (χ4v) is 4.01. The van der Waals surface area contributed by atoms with Crippen LogP contribution in [0.2, 0.25) is 0 Å². The Balaban J connectivity index is 2.62. The van der Waals surface area contributed by atoms with Crippen LogP contribution in [0.1, 0.15) is 54.4 Å². The number of nitrogens with zero attached hydrogens (tertiary/aromatic N) is 1. The first-order valence-electron chi connectivity index (χ1n) is 8.03. The van der Waals surface area contributed by atoms with Gasteiger partial charge in [0.25, 0.3) is 10.2 Å². The Hall–Kier alpha value is -0.170. The maximum atomic E-state index is 12.5. The highest BCUT2D eigenvalue weighted by Gasteiger charge is 2.32. The molecule has 2 N–H and O–H groups in total. The molecule has 0 saturated carbocycles. The van der Waals surface area contributed by atoms with Gasteiger partial charge in [0, 0.05) is 25.2 Å². The average molecular weight is 320 g/mol. The zero-order chi connectivity index (χ0) is 16.3. The van der Waals surface area contributed by atoms with Crippen molar-refractivity contribution in [2.45, 2.75) is 66.5 Å². The highest BCUT2D eigenvalue weighted by molar-refractivity contribution is 7.87. The summed E-state index contributed by atoms with van der Waals surface area (Å²) < 4.78 is 29.5. The molecule has 126 valence electrons. The predicted octanol–water partition coefficient (Wildman–Crippen LogP) is 1.97. The number of piperidine rings is 1. The highest BCUT2D eigenvalue weighted by atomic mass is 32.2. The summed E-state index contributed by atoms with van der Waals surface area (Å²) in [5, 5.41) is 3.41. The molecule has 1 fully saturated rings. The largest absolute Gasteiger partial charge is 0.314 e. The molecule has 0 bridgehead atoms. The predicted molar refractivity (Wildman–Crippen MR) is 88.4 cm³/mol. The summed E-state index contributed by atoms with van der Waals surface area (Å²) in [7, 11) is -3.38. The number of hydrogen-bond donors (Lipinski definition) is 2. The van der Waals surface area contributed by atoms with Gasteiger partial charge in [-0.25, -0.2) is 0 Å². The van der Waals surface area contributed by atoms with E-state index in [0.29, 0.717) is 25.0 Å². The maximum Gasteiger partial charge on any atom is 0.279 e. The van der Waals surface area contributed by atoms with E-state index in [1.165, 1.54) is 0 Å². The molecule has 0 aromatic carbocycles. The summed E-state index contributed by atoms with van der Waals surface area (Å²) in [6.45, 7) is 14.4. The van der Waals surface area contributed by atoms with Crippen LogP contribution < -0.4 is 10.0 Å². The summed E-state index contributed by atoms with van der Waals surface area (Å²) in [5.74, 6) is 0.405. The zero-order valence-corrected chi connectivity index (χ0v) is 15.3. The molecule has 2 atom stereocenters. The van der Waals surface area contributed by atoms with E-state index in [-0.39, 0.29) is 11.5 Å². The smallest absolute Gasteiger partial charge is 0.279 e. The fraction of sp³-hybridized carbons (Fsp3) is 1.00. The van der Waals surface area contributed by atoms with E-state index < -0.39 is 10.2 Å². The van der Waals surface area contributed by atoms with Gasteiger partial charge in [-0.05, 0) is 37.6 Å². The average Bonchev–Trinajstić information content (AvgIpc) is 2.35. The van der Waals surface area contributed by atoms with Crippen molar-refractivity contribution < 1.29 is 8.42 Å². The van der Waals surface area contributed by atoms with E-state index in [0.717, 1.165) is 19.4 Å². The van der Waals surface area contributed by atoms with Gasteiger partial charge in [-0.15, -0.1) is 0 Å². The van der Waals surface area contributed by atoms with Crippen LogP contribution in [0.25, 0.3) is 0 Å². The number of nitrogens with one attached hydrogen (secondary N) is 2. The van der Waals surface area contributed by atoms with Crippen LogP contribution >= 0.6 is 0 Å². The Morgan fingerprint density at radius 3 is 2.38 bits per heavy atom. The van der Waals surface area contributed by atoms with Gasteiger partial charge in [-0.2, -0.15) is 17.4 Å². The van der Waals surface area contributed by atoms with Crippen molar-refractivity contribution in [1.29, 1.82) is 0 Å². The Bertz CT molecular complexity index is 415. The van der Waals surface area contributed by atoms with Crippen LogP contribution in [-0.2, 0) is 10.2 Å². The molecule has 1 rings (SSSR count). The molecular weight excluding hydrogens is 286 g/mol. The molecule has 1 saturated heterocycles. The van der Waals surface area contributed by atoms with Crippen molar-refractivity contribution in [3.05, 3.63) is 0 Å². The van der Waals surface area contributed by atoms with Crippen molar-refractivity contribution >= 4 is 10.2 Å². The molecule has 0 aliphatic carbocycles. The zero-order valence-electron chi connectivity index (χ0n) is 14.4. The molecule has 0 spiro atoms. The van der Waals surface area contributed by atoms with Crippen molar-refractivity contribution in [2.24, 2.45) is 11.3 Å². The van der Waals surface area contributed by atoms with Crippen molar-refractivity contribution in [3.8, 4) is 0 Å². The molecule has 0 aromatic rings. The monoisotopic (exact) mass is 319 g/mol. The molecule has 0 amide bonds. The Morgan fingerprint density at radius 2 is 1.86 bits per heavy atom. The molecule has 0 aromatic heterocycles. The molecule has 21 heavy (non-hydrogen) atoms. The Morgan fingerprint density at radius 1 is 1.24 bits per heavy atom. The van der Waals surface area contributed by atoms with Gasteiger partial charge in [0.15, 0.2) is 0 Å². The molecule has 5 nitrogen and oxygen atoms in total. The second-order valence-corrected chi connectivity index (χ2v) is 9.34. The second kappa shape index (κ2) is 7.40. The van der Waals surface area contributed by atoms with E-state index >= 15 is 0 Å². The van der Waals surface area contributed by atoms with Crippen LogP contribution in [-0.4, -0.2) is 44.4 Å². The highest BCUT2D eigenvalue weighted by Crippen LogP contribution is 2.22. The Kier molecular flexibility index (Phi) is 6.65. The molecule has 1 heterocycles. The van der Waals surface area contributed by atoms with Crippen LogP contribution in [0.3, 0.4) is 0 Å². The topological polar surface area (TPSA) is 61.4 Å². The molecule has 0 radical (unpaired) electrons. The quantitative estimate of drug-likeness (QED) is 0.787. The minimum absolute atomic E-state index is 0.0819. The fourth-order valence-electron chi connectivity index (χ4n) is 2.29. The van der Waals surface area contributed by atoms with Gasteiger partial charge in [0.1, 0.15) is 0 Å². The molecule has 1 aliphatic rings. The van der Waals surface area contributed by atoms with Crippen LogP contribution in [0.4, 0.5) is 0 Å². The first-order valence-corrected chi connectivity index (χ1v) is 9.47. The normalized spacial score (nSPS) is 23.5. The summed E-state index contributed by atoms with van der Waals surface area (Å²) >= 11 is 0. The SMILES string of the molecule is CC(C)NCC1CCCN(S(=O)(=O)NC(C)C(C)(C)C)C1. The standard InChI is InChI=1S/C15H33N3O2S/c1-12(2)16-10-14-8-7-9-18(11-14)21(19,20)17-13(3)15(4,5)6/h12-14,16-17H,7-11H2,1-6H3. The third-order valence-electron chi connectivity index (χ3n) is 4.26. The van der Waals surface area contributed by atoms with Crippen molar-refractivity contribution in [3.63, 3.8) is 0 Å². The molecule has 1 aliphatic heterocycles. The van der Waals surface area contributed by atoms with E-state index in [4.69, 9.17) is 0 Å². The van der Waals surface area contributed by atoms with Gasteiger partial charge in [0.2, 0.25) is 0 Å². The maximum absolute atomic E-state index is 12.5. The second-order valence-electron chi connectivity index (χ2n) is 7.64. The number of hydrogen-bond acceptors (Lipinski definition) is 3. The molecular formula is C15H33N3O2S. The lowest BCUT2D eigenvalue weighted by Gasteiger charge is -2.35. The van der Waals surface area contributed by atoms with Gasteiger partial charge < -0.3 is 5.32 Å². The first-order chi connectivity index (χ1) is 9.52. The van der Waals surface area contributed by atoms with Gasteiger partial charge >= 0.3 is 0 Å². The van der Waals surface area contributed by atoms with Crippen LogP contribution in [0.5, 0.6) is 0 Å². The van der Waals surface area contributed by atoms with E-state index in [9.17, 15) is 8.42 Å². The lowest BCUT2D eigenvalue weighted by Crippen LogP contribution is -2.52. The van der Waals surface area contributed by atoms with E-state index in [2.05, 4.69) is 23.9 Å². The molecule has 2 unspecified atom stereocenters. The van der Waals surface area contributed by atoms with Gasteiger partial charge in [0.05, 0.1) is 0 Å². The minimum atomic E-state index is -3.38. The van der Waals surface area contributed by atoms with Crippen LogP contribution in [0, 0.1) is 11.3 Å². The summed E-state index contributed by atoms with van der Waals surface area (Å²) in [5.41, 5.74) is -0.0819. The minimum Gasteiger partial charge on any atom is -0.314 e. The number of rotatable bonds is 6. The van der Waals surface area contributed by atoms with Gasteiger partial charge in [-0.1, -0.05) is 34.6 Å². The lowest BCUT2D eigenvalue weighted by atomic mass is 9.89. The summed E-state index contributed by atoms with van der Waals surface area (Å²) in [6.07, 6.45) is 2.04. The summed E-state index contributed by atoms with van der Waals surface area (Å²) in [6, 6.07) is 0.354. The molecule has 6 heteroatoms. The van der Waals surface area contributed by atoms with Crippen molar-refractivity contribution in [1.82, 2.24) is 14.3 Å². The third kappa shape index (κ3) is 6.22. The first kappa shape index (κ1) is 18.9. The van der Waals surface area contributed by atoms with Gasteiger partial charge in [-0.3, -0.25) is 0 Å². The van der Waals surface area contributed by atoms with E-state index in [1.54, 1.807) is 4.31 Å².